The van der Waals surface area contributed by atoms with Crippen molar-refractivity contribution in [1.29, 1.82) is 0 Å². The molecule has 0 aromatic heterocycles. The maximum atomic E-state index is 12.8. The van der Waals surface area contributed by atoms with Crippen LogP contribution in [0.25, 0.3) is 6.08 Å². The average Bonchev–Trinajstić information content (AvgIpc) is 3.15. The lowest BCUT2D eigenvalue weighted by atomic mass is 10.1. The van der Waals surface area contributed by atoms with E-state index in [4.69, 9.17) is 18.9 Å². The molecule has 0 N–H and O–H groups in total. The van der Waals surface area contributed by atoms with Gasteiger partial charge in [0.1, 0.15) is 11.5 Å². The normalized spacial score (nSPS) is 13.2. The van der Waals surface area contributed by atoms with Gasteiger partial charge in [0, 0.05) is 23.8 Å². The number of esters is 1. The van der Waals surface area contributed by atoms with Crippen LogP contribution in [0.5, 0.6) is 23.0 Å². The van der Waals surface area contributed by atoms with Crippen LogP contribution >= 0.6 is 0 Å². The van der Waals surface area contributed by atoms with Gasteiger partial charge in [0.25, 0.3) is 5.69 Å². The first-order valence-corrected chi connectivity index (χ1v) is 10.3. The lowest BCUT2D eigenvalue weighted by molar-refractivity contribution is -0.384. The molecule has 0 aliphatic carbocycles. The second-order valence-corrected chi connectivity index (χ2v) is 7.11. The predicted octanol–water partition coefficient (Wildman–Crippen LogP) is 4.84. The fraction of sp³-hybridized carbons (Fsp3) is 0.120. The number of nitro groups is 1. The highest BCUT2D eigenvalue weighted by molar-refractivity contribution is 6.14. The van der Waals surface area contributed by atoms with Crippen molar-refractivity contribution in [3.05, 3.63) is 93.2 Å². The number of methoxy groups -OCH3 is 1. The summed E-state index contributed by atoms with van der Waals surface area (Å²) in [6, 6.07) is 15.0. The molecule has 0 unspecified atom stereocenters. The van der Waals surface area contributed by atoms with Gasteiger partial charge in [-0.2, -0.15) is 0 Å². The molecule has 0 fully saturated rings. The highest BCUT2D eigenvalue weighted by Gasteiger charge is 2.28. The molecule has 0 saturated heterocycles. The summed E-state index contributed by atoms with van der Waals surface area (Å²) < 4.78 is 22.1. The number of rotatable bonds is 7. The summed E-state index contributed by atoms with van der Waals surface area (Å²) in [6.07, 6.45) is 1.45. The van der Waals surface area contributed by atoms with Gasteiger partial charge in [0.2, 0.25) is 5.78 Å². The molecule has 34 heavy (non-hydrogen) atoms. The van der Waals surface area contributed by atoms with Crippen LogP contribution in [0.15, 0.2) is 66.4 Å². The first kappa shape index (κ1) is 22.5. The number of carbonyl (C=O) groups excluding carboxylic acids is 2. The minimum Gasteiger partial charge on any atom is -0.497 e. The Morgan fingerprint density at radius 3 is 2.65 bits per heavy atom. The second-order valence-electron chi connectivity index (χ2n) is 7.11. The molecule has 0 amide bonds. The van der Waals surface area contributed by atoms with Crippen LogP contribution in [0, 0.1) is 10.1 Å². The highest BCUT2D eigenvalue weighted by Crippen LogP contribution is 2.38. The largest absolute Gasteiger partial charge is 0.497 e. The smallest absolute Gasteiger partial charge is 0.343 e. The number of para-hydroxylation sites is 1. The Morgan fingerprint density at radius 1 is 1.12 bits per heavy atom. The van der Waals surface area contributed by atoms with E-state index >= 15 is 0 Å². The van der Waals surface area contributed by atoms with Crippen LogP contribution < -0.4 is 18.9 Å². The number of non-ortho nitro benzene ring substituents is 1. The van der Waals surface area contributed by atoms with E-state index in [1.54, 1.807) is 43.3 Å². The standard InChI is InChI=1S/C25H19NO8/c1-3-32-20-9-5-6-15(13-22-23(27)19-11-10-18(31-2)14-21(19)33-22)24(20)34-25(28)16-7-4-8-17(12-16)26(29)30/h4-14H,3H2,1-2H3/b22-13-. The van der Waals surface area contributed by atoms with E-state index in [9.17, 15) is 19.7 Å². The van der Waals surface area contributed by atoms with Crippen LogP contribution in [-0.2, 0) is 0 Å². The highest BCUT2D eigenvalue weighted by atomic mass is 16.6. The molecule has 1 heterocycles. The molecule has 4 rings (SSSR count). The van der Waals surface area contributed by atoms with E-state index in [0.717, 1.165) is 6.07 Å². The van der Waals surface area contributed by atoms with Gasteiger partial charge < -0.3 is 18.9 Å². The first-order chi connectivity index (χ1) is 16.4. The molecule has 1 aliphatic heterocycles. The molecule has 172 valence electrons. The molecule has 0 bridgehead atoms. The minimum atomic E-state index is -0.817. The van der Waals surface area contributed by atoms with E-state index < -0.39 is 10.9 Å². The Labute approximate surface area is 194 Å². The molecule has 0 spiro atoms. The summed E-state index contributed by atoms with van der Waals surface area (Å²) in [6.45, 7) is 2.06. The Kier molecular flexibility index (Phi) is 6.26. The van der Waals surface area contributed by atoms with E-state index in [1.807, 2.05) is 0 Å². The van der Waals surface area contributed by atoms with Crippen molar-refractivity contribution in [2.45, 2.75) is 6.92 Å². The lowest BCUT2D eigenvalue weighted by Gasteiger charge is -2.13. The van der Waals surface area contributed by atoms with E-state index in [2.05, 4.69) is 0 Å². The number of hydrogen-bond acceptors (Lipinski definition) is 8. The Morgan fingerprint density at radius 2 is 1.91 bits per heavy atom. The number of carbonyl (C=O) groups is 2. The topological polar surface area (TPSA) is 114 Å². The fourth-order valence-electron chi connectivity index (χ4n) is 3.36. The van der Waals surface area contributed by atoms with Gasteiger partial charge in [0.05, 0.1) is 29.8 Å². The number of Topliss-reactive ketones (excluding diaryl/α,β-unsaturated/α-hetero) is 1. The fourth-order valence-corrected chi connectivity index (χ4v) is 3.36. The minimum absolute atomic E-state index is 0.00759. The second kappa shape index (κ2) is 9.45. The van der Waals surface area contributed by atoms with Gasteiger partial charge in [0.15, 0.2) is 17.3 Å². The monoisotopic (exact) mass is 461 g/mol. The molecule has 0 radical (unpaired) electrons. The molecular weight excluding hydrogens is 442 g/mol. The summed E-state index contributed by atoms with van der Waals surface area (Å²) in [4.78, 5) is 36.1. The summed E-state index contributed by atoms with van der Waals surface area (Å²) in [5, 5.41) is 11.1. The maximum Gasteiger partial charge on any atom is 0.343 e. The Balaban J connectivity index is 1.70. The number of nitro benzene ring substituents is 1. The van der Waals surface area contributed by atoms with Gasteiger partial charge in [-0.05, 0) is 37.3 Å². The third-order valence-electron chi connectivity index (χ3n) is 4.96. The summed E-state index contributed by atoms with van der Waals surface area (Å²) >= 11 is 0. The van der Waals surface area contributed by atoms with Gasteiger partial charge in [-0.25, -0.2) is 4.79 Å². The molecule has 1 aliphatic rings. The molecule has 3 aromatic rings. The number of fused-ring (bicyclic) bond motifs is 1. The van der Waals surface area contributed by atoms with Crippen LogP contribution in [0.2, 0.25) is 0 Å². The van der Waals surface area contributed by atoms with E-state index in [0.29, 0.717) is 29.2 Å². The van der Waals surface area contributed by atoms with Crippen LogP contribution in [0.1, 0.15) is 33.2 Å². The number of hydrogen-bond donors (Lipinski definition) is 0. The molecule has 9 heteroatoms. The third-order valence-corrected chi connectivity index (χ3v) is 4.96. The zero-order valence-corrected chi connectivity index (χ0v) is 18.3. The quantitative estimate of drug-likeness (QED) is 0.161. The van der Waals surface area contributed by atoms with E-state index in [-0.39, 0.29) is 34.3 Å². The van der Waals surface area contributed by atoms with Gasteiger partial charge in [-0.3, -0.25) is 14.9 Å². The zero-order valence-electron chi connectivity index (χ0n) is 18.3. The molecule has 0 saturated carbocycles. The number of allylic oxidation sites excluding steroid dienone is 1. The number of benzene rings is 3. The molecule has 0 atom stereocenters. The summed E-state index contributed by atoms with van der Waals surface area (Å²) in [7, 11) is 1.51. The number of nitrogens with zero attached hydrogens (tertiary/aromatic N) is 1. The predicted molar refractivity (Wildman–Crippen MR) is 122 cm³/mol. The van der Waals surface area contributed by atoms with Crippen molar-refractivity contribution in [3.63, 3.8) is 0 Å². The number of ether oxygens (including phenoxy) is 4. The van der Waals surface area contributed by atoms with Crippen molar-refractivity contribution in [1.82, 2.24) is 0 Å². The van der Waals surface area contributed by atoms with Gasteiger partial charge >= 0.3 is 5.97 Å². The number of ketones is 1. The van der Waals surface area contributed by atoms with Crippen molar-refractivity contribution >= 4 is 23.5 Å². The van der Waals surface area contributed by atoms with Gasteiger partial charge in [-0.15, -0.1) is 0 Å². The third kappa shape index (κ3) is 4.44. The molecular formula is C25H19NO8. The first-order valence-electron chi connectivity index (χ1n) is 10.3. The Bertz CT molecular complexity index is 1330. The molecule has 9 nitrogen and oxygen atoms in total. The van der Waals surface area contributed by atoms with Crippen molar-refractivity contribution in [2.75, 3.05) is 13.7 Å². The van der Waals surface area contributed by atoms with Crippen LogP contribution in [-0.4, -0.2) is 30.4 Å². The SMILES string of the molecule is CCOc1cccc(/C=C2\Oc3cc(OC)ccc3C2=O)c1OC(=O)c1cccc([N+](=O)[O-])c1. The Hall–Kier alpha value is -4.66. The van der Waals surface area contributed by atoms with Gasteiger partial charge in [-0.1, -0.05) is 18.2 Å². The summed E-state index contributed by atoms with van der Waals surface area (Å²) in [5.74, 6) is 0.0881. The van der Waals surface area contributed by atoms with Crippen molar-refractivity contribution in [2.24, 2.45) is 0 Å². The van der Waals surface area contributed by atoms with Crippen molar-refractivity contribution < 1.29 is 33.5 Å². The van der Waals surface area contributed by atoms with Crippen LogP contribution in [0.3, 0.4) is 0 Å². The van der Waals surface area contributed by atoms with E-state index in [1.165, 1.54) is 31.4 Å². The average molecular weight is 461 g/mol. The van der Waals surface area contributed by atoms with Crippen LogP contribution in [0.4, 0.5) is 5.69 Å². The zero-order chi connectivity index (χ0) is 24.2. The van der Waals surface area contributed by atoms with Crippen molar-refractivity contribution in [3.8, 4) is 23.0 Å². The molecule has 3 aromatic carbocycles. The summed E-state index contributed by atoms with van der Waals surface area (Å²) in [5.41, 5.74) is 0.482. The lowest BCUT2D eigenvalue weighted by Crippen LogP contribution is -2.11. The maximum absolute atomic E-state index is 12.8.